The van der Waals surface area contributed by atoms with Gasteiger partial charge in [-0.05, 0) is 43.9 Å². The number of hydrogen-bond acceptors (Lipinski definition) is 4. The second kappa shape index (κ2) is 5.93. The zero-order valence-corrected chi connectivity index (χ0v) is 10.9. The van der Waals surface area contributed by atoms with E-state index < -0.39 is 5.97 Å². The Labute approximate surface area is 112 Å². The van der Waals surface area contributed by atoms with E-state index in [2.05, 4.69) is 4.90 Å². The summed E-state index contributed by atoms with van der Waals surface area (Å²) in [4.78, 5) is 13.4. The Kier molecular flexibility index (Phi) is 4.27. The van der Waals surface area contributed by atoms with Gasteiger partial charge >= 0.3 is 5.97 Å². The number of anilines is 2. The van der Waals surface area contributed by atoms with Gasteiger partial charge in [-0.3, -0.25) is 0 Å². The summed E-state index contributed by atoms with van der Waals surface area (Å²) in [5, 5.41) is 18.2. The van der Waals surface area contributed by atoms with Gasteiger partial charge in [0, 0.05) is 24.9 Å². The number of nitrogen functional groups attached to an aromatic ring is 1. The molecule has 1 aromatic rings. The molecule has 1 atom stereocenters. The number of aromatic carboxylic acids is 1. The van der Waals surface area contributed by atoms with E-state index in [-0.39, 0.29) is 6.61 Å². The van der Waals surface area contributed by atoms with Gasteiger partial charge in [0.2, 0.25) is 0 Å². The quantitative estimate of drug-likeness (QED) is 0.705. The minimum Gasteiger partial charge on any atom is -0.478 e. The summed E-state index contributed by atoms with van der Waals surface area (Å²) in [5.41, 5.74) is 7.36. The Morgan fingerprint density at radius 2 is 2.26 bits per heavy atom. The van der Waals surface area contributed by atoms with E-state index >= 15 is 0 Å². The van der Waals surface area contributed by atoms with Crippen LogP contribution in [-0.4, -0.2) is 35.4 Å². The van der Waals surface area contributed by atoms with E-state index in [0.29, 0.717) is 23.0 Å². The highest BCUT2D eigenvalue weighted by Gasteiger charge is 2.27. The number of nitrogens with two attached hydrogens (primary N) is 1. The van der Waals surface area contributed by atoms with Crippen molar-refractivity contribution in [3.63, 3.8) is 0 Å². The van der Waals surface area contributed by atoms with Crippen molar-refractivity contribution in [1.82, 2.24) is 0 Å². The molecule has 5 nitrogen and oxygen atoms in total. The Morgan fingerprint density at radius 1 is 1.47 bits per heavy atom. The van der Waals surface area contributed by atoms with E-state index in [9.17, 15) is 9.90 Å². The van der Waals surface area contributed by atoms with Crippen molar-refractivity contribution in [2.45, 2.75) is 31.7 Å². The van der Waals surface area contributed by atoms with Gasteiger partial charge in [0.1, 0.15) is 0 Å². The largest absolute Gasteiger partial charge is 0.478 e. The maximum atomic E-state index is 11.3. The van der Waals surface area contributed by atoms with Crippen LogP contribution in [-0.2, 0) is 0 Å². The van der Waals surface area contributed by atoms with Crippen LogP contribution in [0.2, 0.25) is 0 Å². The van der Waals surface area contributed by atoms with Crippen LogP contribution in [0.3, 0.4) is 0 Å². The van der Waals surface area contributed by atoms with Crippen LogP contribution >= 0.6 is 0 Å². The summed E-state index contributed by atoms with van der Waals surface area (Å²) in [6.45, 7) is 1.02. The van der Waals surface area contributed by atoms with Gasteiger partial charge in [-0.1, -0.05) is 0 Å². The molecule has 4 N–H and O–H groups in total. The van der Waals surface area contributed by atoms with Crippen molar-refractivity contribution in [3.8, 4) is 0 Å². The molecule has 0 spiro atoms. The minimum absolute atomic E-state index is 0.174. The number of carbonyl (C=O) groups is 1. The lowest BCUT2D eigenvalue weighted by Gasteiger charge is -2.28. The van der Waals surface area contributed by atoms with Crippen LogP contribution in [0.4, 0.5) is 11.4 Å². The van der Waals surface area contributed by atoms with Crippen LogP contribution in [0.1, 0.15) is 36.0 Å². The normalized spacial score (nSPS) is 18.8. The third-order valence-corrected chi connectivity index (χ3v) is 3.63. The maximum absolute atomic E-state index is 11.3. The summed E-state index contributed by atoms with van der Waals surface area (Å²) >= 11 is 0. The highest BCUT2D eigenvalue weighted by molar-refractivity contribution is 5.95. The summed E-state index contributed by atoms with van der Waals surface area (Å²) in [6, 6.07) is 5.22. The first-order chi connectivity index (χ1) is 9.13. The van der Waals surface area contributed by atoms with E-state index in [1.165, 1.54) is 0 Å². The van der Waals surface area contributed by atoms with Crippen LogP contribution in [0, 0.1) is 0 Å². The first-order valence-corrected chi connectivity index (χ1v) is 6.64. The Hall–Kier alpha value is -1.75. The van der Waals surface area contributed by atoms with Crippen molar-refractivity contribution in [2.75, 3.05) is 23.8 Å². The van der Waals surface area contributed by atoms with Crippen LogP contribution in [0.25, 0.3) is 0 Å². The maximum Gasteiger partial charge on any atom is 0.337 e. The van der Waals surface area contributed by atoms with E-state index in [1.54, 1.807) is 18.2 Å². The van der Waals surface area contributed by atoms with Crippen LogP contribution < -0.4 is 10.6 Å². The van der Waals surface area contributed by atoms with Crippen molar-refractivity contribution >= 4 is 17.3 Å². The molecule has 1 heterocycles. The number of aliphatic hydroxyl groups excluding tert-OH is 1. The van der Waals surface area contributed by atoms with Gasteiger partial charge in [-0.2, -0.15) is 0 Å². The lowest BCUT2D eigenvalue weighted by atomic mass is 10.1. The molecule has 1 aromatic carbocycles. The monoisotopic (exact) mass is 264 g/mol. The molecule has 0 amide bonds. The predicted molar refractivity (Wildman–Crippen MR) is 74.5 cm³/mol. The van der Waals surface area contributed by atoms with Crippen LogP contribution in [0.15, 0.2) is 18.2 Å². The Morgan fingerprint density at radius 3 is 2.95 bits per heavy atom. The van der Waals surface area contributed by atoms with Crippen LogP contribution in [0.5, 0.6) is 0 Å². The van der Waals surface area contributed by atoms with E-state index in [1.807, 2.05) is 0 Å². The Bertz CT molecular complexity index is 462. The fourth-order valence-corrected chi connectivity index (χ4v) is 2.75. The van der Waals surface area contributed by atoms with Gasteiger partial charge in [0.05, 0.1) is 11.3 Å². The third-order valence-electron chi connectivity index (χ3n) is 3.63. The second-order valence-corrected chi connectivity index (χ2v) is 4.94. The molecule has 1 aliphatic rings. The number of benzene rings is 1. The summed E-state index contributed by atoms with van der Waals surface area (Å²) in [6.07, 6.45) is 3.70. The molecule has 2 rings (SSSR count). The van der Waals surface area contributed by atoms with E-state index in [4.69, 9.17) is 10.8 Å². The molecule has 104 valence electrons. The molecular formula is C14H20N2O3. The first-order valence-electron chi connectivity index (χ1n) is 6.64. The average molecular weight is 264 g/mol. The number of nitrogens with zero attached hydrogens (tertiary/aromatic N) is 1. The summed E-state index contributed by atoms with van der Waals surface area (Å²) in [5.74, 6) is -0.928. The molecule has 1 fully saturated rings. The topological polar surface area (TPSA) is 86.8 Å². The average Bonchev–Trinajstić information content (AvgIpc) is 2.83. The number of carboxylic acid groups (broad SMARTS) is 1. The van der Waals surface area contributed by atoms with Crippen molar-refractivity contribution in [2.24, 2.45) is 0 Å². The number of hydrogen-bond donors (Lipinski definition) is 3. The first kappa shape index (κ1) is 13.7. The van der Waals surface area contributed by atoms with Gasteiger partial charge in [-0.25, -0.2) is 4.79 Å². The molecule has 1 aliphatic heterocycles. The number of rotatable bonds is 5. The molecule has 19 heavy (non-hydrogen) atoms. The van der Waals surface area contributed by atoms with Gasteiger partial charge in [0.15, 0.2) is 0 Å². The number of aliphatic hydroxyl groups is 1. The molecule has 0 aromatic heterocycles. The molecule has 1 saturated heterocycles. The fraction of sp³-hybridized carbons (Fsp3) is 0.500. The third kappa shape index (κ3) is 2.98. The highest BCUT2D eigenvalue weighted by Crippen LogP contribution is 2.32. The lowest BCUT2D eigenvalue weighted by Crippen LogP contribution is -2.30. The zero-order chi connectivity index (χ0) is 13.8. The van der Waals surface area contributed by atoms with Crippen molar-refractivity contribution < 1.29 is 15.0 Å². The molecule has 0 saturated carbocycles. The van der Waals surface area contributed by atoms with Crippen molar-refractivity contribution in [3.05, 3.63) is 23.8 Å². The molecule has 0 radical (unpaired) electrons. The minimum atomic E-state index is -0.928. The predicted octanol–water partition coefficient (Wildman–Crippen LogP) is 1.71. The Balaban J connectivity index is 2.28. The smallest absolute Gasteiger partial charge is 0.337 e. The molecule has 0 bridgehead atoms. The molecule has 1 unspecified atom stereocenters. The van der Waals surface area contributed by atoms with E-state index in [0.717, 1.165) is 32.2 Å². The molecule has 5 heteroatoms. The molecular weight excluding hydrogens is 244 g/mol. The second-order valence-electron chi connectivity index (χ2n) is 4.94. The highest BCUT2D eigenvalue weighted by atomic mass is 16.4. The SMILES string of the molecule is Nc1ccc(C(=O)O)c(N2CCCC2CCCO)c1. The lowest BCUT2D eigenvalue weighted by molar-refractivity contribution is 0.0697. The standard InChI is InChI=1S/C14H20N2O3/c15-10-5-6-12(14(18)19)13(9-10)16-7-1-3-11(16)4-2-8-17/h5-6,9,11,17H,1-4,7-8,15H2,(H,18,19). The van der Waals surface area contributed by atoms with Gasteiger partial charge in [-0.15, -0.1) is 0 Å². The summed E-state index contributed by atoms with van der Waals surface area (Å²) in [7, 11) is 0. The number of carboxylic acids is 1. The van der Waals surface area contributed by atoms with Gasteiger partial charge < -0.3 is 20.8 Å². The van der Waals surface area contributed by atoms with Crippen molar-refractivity contribution in [1.29, 1.82) is 0 Å². The molecule has 0 aliphatic carbocycles. The zero-order valence-electron chi connectivity index (χ0n) is 10.9. The van der Waals surface area contributed by atoms with Gasteiger partial charge in [0.25, 0.3) is 0 Å². The fourth-order valence-electron chi connectivity index (χ4n) is 2.75. The summed E-state index contributed by atoms with van der Waals surface area (Å²) < 4.78 is 0.